The Bertz CT molecular complexity index is 158. The second-order valence-electron chi connectivity index (χ2n) is 5.31. The van der Waals surface area contributed by atoms with Gasteiger partial charge in [0.2, 0.25) is 0 Å². The van der Waals surface area contributed by atoms with Crippen molar-refractivity contribution < 1.29 is 5.11 Å². The quantitative estimate of drug-likeness (QED) is 0.515. The summed E-state index contributed by atoms with van der Waals surface area (Å²) >= 11 is 0. The zero-order valence-electron chi connectivity index (χ0n) is 9.56. The Morgan fingerprint density at radius 1 is 1.38 bits per heavy atom. The van der Waals surface area contributed by atoms with Gasteiger partial charge in [-0.25, -0.2) is 0 Å². The molecule has 0 saturated heterocycles. The van der Waals surface area contributed by atoms with Gasteiger partial charge in [0, 0.05) is 14.7 Å². The van der Waals surface area contributed by atoms with E-state index in [1.165, 1.54) is 11.6 Å². The lowest BCUT2D eigenvalue weighted by Crippen LogP contribution is -2.19. The summed E-state index contributed by atoms with van der Waals surface area (Å²) in [5.41, 5.74) is 1.37. The van der Waals surface area contributed by atoms with Crippen molar-refractivity contribution in [3.63, 3.8) is 0 Å². The molecule has 0 unspecified atom stereocenters. The third-order valence-corrected chi connectivity index (χ3v) is 3.64. The molecule has 0 saturated carbocycles. The van der Waals surface area contributed by atoms with Crippen LogP contribution in [0.1, 0.15) is 19.8 Å². The molecule has 0 radical (unpaired) electrons. The molecular weight excluding hydrogens is 176 g/mol. The van der Waals surface area contributed by atoms with Crippen molar-refractivity contribution >= 4 is 8.07 Å². The van der Waals surface area contributed by atoms with E-state index in [4.69, 9.17) is 5.11 Å². The van der Waals surface area contributed by atoms with E-state index in [2.05, 4.69) is 33.1 Å². The van der Waals surface area contributed by atoms with Gasteiger partial charge in [0.1, 0.15) is 0 Å². The van der Waals surface area contributed by atoms with Crippen LogP contribution < -0.4 is 0 Å². The van der Waals surface area contributed by atoms with Crippen LogP contribution in [0.4, 0.5) is 0 Å². The standard InChI is InChI=1S/C11H24OSi/c1-10(8-12)6-7-11(2)9-13(3,4)5/h10,12H,2,6-9H2,1,3-5H3/t10-/m0/s1. The lowest BCUT2D eigenvalue weighted by molar-refractivity contribution is 0.230. The topological polar surface area (TPSA) is 20.2 Å². The van der Waals surface area contributed by atoms with Crippen LogP contribution in [0, 0.1) is 5.92 Å². The minimum Gasteiger partial charge on any atom is -0.396 e. The average molecular weight is 200 g/mol. The smallest absolute Gasteiger partial charge is 0.0483 e. The number of hydrogen-bond acceptors (Lipinski definition) is 1. The fraction of sp³-hybridized carbons (Fsp3) is 0.818. The molecule has 13 heavy (non-hydrogen) atoms. The Kier molecular flexibility index (Phi) is 5.57. The summed E-state index contributed by atoms with van der Waals surface area (Å²) in [6.07, 6.45) is 2.17. The Hall–Kier alpha value is -0.0831. The van der Waals surface area contributed by atoms with Gasteiger partial charge in [0.25, 0.3) is 0 Å². The molecule has 0 fully saturated rings. The monoisotopic (exact) mass is 200 g/mol. The van der Waals surface area contributed by atoms with Crippen LogP contribution in [-0.4, -0.2) is 19.8 Å². The van der Waals surface area contributed by atoms with E-state index in [1.54, 1.807) is 0 Å². The van der Waals surface area contributed by atoms with Gasteiger partial charge in [-0.2, -0.15) is 0 Å². The predicted octanol–water partition coefficient (Wildman–Crippen LogP) is 3.29. The first-order valence-corrected chi connectivity index (χ1v) is 8.83. The first kappa shape index (κ1) is 12.9. The summed E-state index contributed by atoms with van der Waals surface area (Å²) in [5, 5.41) is 8.86. The minimum absolute atomic E-state index is 0.306. The zero-order valence-corrected chi connectivity index (χ0v) is 10.6. The maximum Gasteiger partial charge on any atom is 0.0483 e. The van der Waals surface area contributed by atoms with E-state index >= 15 is 0 Å². The van der Waals surface area contributed by atoms with E-state index in [0.717, 1.165) is 12.8 Å². The van der Waals surface area contributed by atoms with Crippen LogP contribution in [0.15, 0.2) is 12.2 Å². The van der Waals surface area contributed by atoms with Crippen LogP contribution in [0.3, 0.4) is 0 Å². The van der Waals surface area contributed by atoms with Gasteiger partial charge in [-0.15, -0.1) is 6.58 Å². The molecule has 0 amide bonds. The van der Waals surface area contributed by atoms with Crippen LogP contribution in [0.5, 0.6) is 0 Å². The molecule has 0 aliphatic carbocycles. The highest BCUT2D eigenvalue weighted by Gasteiger charge is 2.14. The van der Waals surface area contributed by atoms with Crippen molar-refractivity contribution in [3.8, 4) is 0 Å². The van der Waals surface area contributed by atoms with Gasteiger partial charge in [0.05, 0.1) is 0 Å². The van der Waals surface area contributed by atoms with Crippen molar-refractivity contribution in [2.75, 3.05) is 6.61 Å². The van der Waals surface area contributed by atoms with Crippen molar-refractivity contribution in [2.45, 2.75) is 45.5 Å². The van der Waals surface area contributed by atoms with Gasteiger partial charge < -0.3 is 5.11 Å². The molecule has 0 aromatic carbocycles. The molecule has 1 N–H and O–H groups in total. The summed E-state index contributed by atoms with van der Waals surface area (Å²) < 4.78 is 0. The Balaban J connectivity index is 3.64. The summed E-state index contributed by atoms with van der Waals surface area (Å²) in [5.74, 6) is 0.429. The summed E-state index contributed by atoms with van der Waals surface area (Å²) in [6, 6.07) is 1.23. The SMILES string of the molecule is C=C(CC[C@H](C)CO)C[Si](C)(C)C. The van der Waals surface area contributed by atoms with Gasteiger partial charge in [-0.3, -0.25) is 0 Å². The lowest BCUT2D eigenvalue weighted by Gasteiger charge is -2.18. The van der Waals surface area contributed by atoms with Crippen molar-refractivity contribution in [3.05, 3.63) is 12.2 Å². The maximum atomic E-state index is 8.86. The van der Waals surface area contributed by atoms with Crippen LogP contribution in [-0.2, 0) is 0 Å². The van der Waals surface area contributed by atoms with Crippen molar-refractivity contribution in [1.82, 2.24) is 0 Å². The molecule has 2 heteroatoms. The van der Waals surface area contributed by atoms with Gasteiger partial charge in [0.15, 0.2) is 0 Å². The summed E-state index contributed by atoms with van der Waals surface area (Å²) in [4.78, 5) is 0. The number of aliphatic hydroxyl groups excluding tert-OH is 1. The van der Waals surface area contributed by atoms with Gasteiger partial charge >= 0.3 is 0 Å². The lowest BCUT2D eigenvalue weighted by atomic mass is 10.0. The molecular formula is C11H24OSi. The fourth-order valence-corrected chi connectivity index (χ4v) is 3.06. The third-order valence-electron chi connectivity index (χ3n) is 2.08. The molecule has 0 bridgehead atoms. The van der Waals surface area contributed by atoms with E-state index in [-0.39, 0.29) is 0 Å². The zero-order chi connectivity index (χ0) is 10.5. The molecule has 78 valence electrons. The predicted molar refractivity (Wildman–Crippen MR) is 62.8 cm³/mol. The fourth-order valence-electron chi connectivity index (χ4n) is 1.38. The second-order valence-corrected chi connectivity index (χ2v) is 10.8. The van der Waals surface area contributed by atoms with E-state index in [0.29, 0.717) is 12.5 Å². The maximum absolute atomic E-state index is 8.86. The van der Waals surface area contributed by atoms with E-state index < -0.39 is 8.07 Å². The van der Waals surface area contributed by atoms with Gasteiger partial charge in [-0.05, 0) is 24.8 Å². The molecule has 0 aliphatic rings. The third kappa shape index (κ3) is 8.25. The van der Waals surface area contributed by atoms with E-state index in [1.807, 2.05) is 0 Å². The van der Waals surface area contributed by atoms with Crippen LogP contribution in [0.2, 0.25) is 25.7 Å². The van der Waals surface area contributed by atoms with E-state index in [9.17, 15) is 0 Å². The first-order valence-electron chi connectivity index (χ1n) is 5.12. The normalized spacial score (nSPS) is 14.2. The van der Waals surface area contributed by atoms with Gasteiger partial charge in [-0.1, -0.05) is 32.1 Å². The van der Waals surface area contributed by atoms with Crippen molar-refractivity contribution in [2.24, 2.45) is 5.92 Å². The second kappa shape index (κ2) is 5.61. The molecule has 0 heterocycles. The first-order chi connectivity index (χ1) is 5.85. The summed E-state index contributed by atoms with van der Waals surface area (Å²) in [7, 11) is -0.965. The number of aliphatic hydroxyl groups is 1. The van der Waals surface area contributed by atoms with Crippen LogP contribution >= 0.6 is 0 Å². The molecule has 0 aliphatic heterocycles. The largest absolute Gasteiger partial charge is 0.396 e. The number of rotatable bonds is 6. The molecule has 1 atom stereocenters. The van der Waals surface area contributed by atoms with Crippen molar-refractivity contribution in [1.29, 1.82) is 0 Å². The average Bonchev–Trinajstić information content (AvgIpc) is 1.97. The molecule has 1 nitrogen and oxygen atoms in total. The molecule has 0 spiro atoms. The number of allylic oxidation sites excluding steroid dienone is 1. The Morgan fingerprint density at radius 3 is 2.31 bits per heavy atom. The highest BCUT2D eigenvalue weighted by Crippen LogP contribution is 2.20. The Labute approximate surface area is 83.9 Å². The number of hydrogen-bond donors (Lipinski definition) is 1. The summed E-state index contributed by atoms with van der Waals surface area (Å²) in [6.45, 7) is 13.6. The molecule has 0 rings (SSSR count). The molecule has 0 aromatic heterocycles. The minimum atomic E-state index is -0.965. The molecule has 0 aromatic rings. The highest BCUT2D eigenvalue weighted by atomic mass is 28.3. The Morgan fingerprint density at radius 2 is 1.92 bits per heavy atom. The highest BCUT2D eigenvalue weighted by molar-refractivity contribution is 6.76. The van der Waals surface area contributed by atoms with Crippen LogP contribution in [0.25, 0.3) is 0 Å².